The van der Waals surface area contributed by atoms with E-state index in [4.69, 9.17) is 32.7 Å². The van der Waals surface area contributed by atoms with Crippen LogP contribution in [0.4, 0.5) is 0 Å². The van der Waals surface area contributed by atoms with E-state index in [9.17, 15) is 9.59 Å². The summed E-state index contributed by atoms with van der Waals surface area (Å²) in [4.78, 5) is 23.7. The van der Waals surface area contributed by atoms with Gasteiger partial charge >= 0.3 is 0 Å². The fourth-order valence-corrected chi connectivity index (χ4v) is 2.74. The second-order valence-electron chi connectivity index (χ2n) is 5.61. The minimum absolute atomic E-state index is 0.0997. The van der Waals surface area contributed by atoms with Gasteiger partial charge < -0.3 is 9.47 Å². The Morgan fingerprint density at radius 3 is 2.48 bits per heavy atom. The maximum absolute atomic E-state index is 11.9. The van der Waals surface area contributed by atoms with Crippen LogP contribution in [-0.2, 0) is 16.0 Å². The van der Waals surface area contributed by atoms with Gasteiger partial charge in [0.1, 0.15) is 11.5 Å². The predicted octanol–water partition coefficient (Wildman–Crippen LogP) is 3.55. The lowest BCUT2D eigenvalue weighted by atomic mass is 10.1. The Kier molecular flexibility index (Phi) is 8.23. The zero-order valence-electron chi connectivity index (χ0n) is 14.8. The van der Waals surface area contributed by atoms with E-state index in [1.165, 1.54) is 7.11 Å². The third kappa shape index (κ3) is 7.00. The van der Waals surface area contributed by atoms with Crippen molar-refractivity contribution in [2.24, 2.45) is 0 Å². The van der Waals surface area contributed by atoms with Crippen molar-refractivity contribution in [1.29, 1.82) is 0 Å². The van der Waals surface area contributed by atoms with Crippen molar-refractivity contribution >= 4 is 35.0 Å². The number of hydrogen-bond acceptors (Lipinski definition) is 4. The minimum atomic E-state index is -0.336. The number of hydrogen-bond donors (Lipinski definition) is 2. The number of carbonyl (C=O) groups is 2. The maximum atomic E-state index is 11.9. The van der Waals surface area contributed by atoms with Gasteiger partial charge in [0, 0.05) is 17.0 Å². The topological polar surface area (TPSA) is 76.7 Å². The van der Waals surface area contributed by atoms with Gasteiger partial charge in [-0.05, 0) is 30.7 Å². The summed E-state index contributed by atoms with van der Waals surface area (Å²) >= 11 is 11.8. The summed E-state index contributed by atoms with van der Waals surface area (Å²) < 4.78 is 10.7. The van der Waals surface area contributed by atoms with Crippen LogP contribution in [0.2, 0.25) is 10.0 Å². The van der Waals surface area contributed by atoms with Crippen molar-refractivity contribution in [3.63, 3.8) is 0 Å². The van der Waals surface area contributed by atoms with Crippen molar-refractivity contribution in [2.45, 2.75) is 19.3 Å². The molecule has 6 nitrogen and oxygen atoms in total. The Bertz CT molecular complexity index is 799. The van der Waals surface area contributed by atoms with Crippen LogP contribution in [0.3, 0.4) is 0 Å². The summed E-state index contributed by atoms with van der Waals surface area (Å²) in [5.74, 6) is 0.481. The van der Waals surface area contributed by atoms with Crippen molar-refractivity contribution < 1.29 is 19.1 Å². The molecule has 0 unspecified atom stereocenters. The first kappa shape index (κ1) is 20.9. The first-order chi connectivity index (χ1) is 13.0. The Morgan fingerprint density at radius 2 is 1.74 bits per heavy atom. The van der Waals surface area contributed by atoms with Gasteiger partial charge in [0.2, 0.25) is 11.8 Å². The number of ether oxygens (including phenoxy) is 2. The van der Waals surface area contributed by atoms with E-state index in [0.717, 1.165) is 5.56 Å². The first-order valence-corrected chi connectivity index (χ1v) is 9.02. The lowest BCUT2D eigenvalue weighted by molar-refractivity contribution is -0.128. The van der Waals surface area contributed by atoms with Crippen LogP contribution in [0, 0.1) is 0 Å². The Balaban J connectivity index is 1.66. The number of amides is 2. The van der Waals surface area contributed by atoms with E-state index in [1.807, 2.05) is 12.1 Å². The van der Waals surface area contributed by atoms with Crippen molar-refractivity contribution in [3.05, 3.63) is 58.1 Å². The summed E-state index contributed by atoms with van der Waals surface area (Å²) in [6, 6.07) is 12.1. The van der Waals surface area contributed by atoms with Crippen LogP contribution in [0.25, 0.3) is 0 Å². The molecule has 0 atom stereocenters. The Morgan fingerprint density at radius 1 is 1.00 bits per heavy atom. The van der Waals surface area contributed by atoms with Crippen molar-refractivity contribution in [1.82, 2.24) is 10.9 Å². The van der Waals surface area contributed by atoms with E-state index < -0.39 is 0 Å². The fourth-order valence-electron chi connectivity index (χ4n) is 2.28. The normalized spacial score (nSPS) is 10.2. The van der Waals surface area contributed by atoms with Crippen LogP contribution in [-0.4, -0.2) is 25.5 Å². The molecule has 0 aliphatic carbocycles. The van der Waals surface area contributed by atoms with E-state index in [2.05, 4.69) is 10.9 Å². The summed E-state index contributed by atoms with van der Waals surface area (Å²) in [7, 11) is 1.54. The molecule has 2 N–H and O–H groups in total. The van der Waals surface area contributed by atoms with E-state index in [-0.39, 0.29) is 24.7 Å². The van der Waals surface area contributed by atoms with E-state index in [0.29, 0.717) is 34.6 Å². The van der Waals surface area contributed by atoms with Gasteiger partial charge in [0.25, 0.3) is 0 Å². The highest BCUT2D eigenvalue weighted by molar-refractivity contribution is 6.35. The molecule has 2 aromatic carbocycles. The molecular weight excluding hydrogens is 391 g/mol. The fraction of sp³-hybridized carbons (Fsp3) is 0.263. The molecular formula is C19H20Cl2N2O4. The minimum Gasteiger partial charge on any atom is -0.496 e. The van der Waals surface area contributed by atoms with Crippen LogP contribution in [0.15, 0.2) is 42.5 Å². The number of carbonyl (C=O) groups excluding carboxylic acids is 2. The molecule has 0 fully saturated rings. The molecule has 8 heteroatoms. The van der Waals surface area contributed by atoms with Crippen molar-refractivity contribution in [3.8, 4) is 11.5 Å². The predicted molar refractivity (Wildman–Crippen MR) is 104 cm³/mol. The highest BCUT2D eigenvalue weighted by atomic mass is 35.5. The highest BCUT2D eigenvalue weighted by Gasteiger charge is 2.09. The monoisotopic (exact) mass is 410 g/mol. The van der Waals surface area contributed by atoms with Gasteiger partial charge in [-0.1, -0.05) is 41.4 Å². The first-order valence-electron chi connectivity index (χ1n) is 8.27. The molecule has 2 aromatic rings. The van der Waals surface area contributed by atoms with Crippen molar-refractivity contribution in [2.75, 3.05) is 13.7 Å². The zero-order chi connectivity index (χ0) is 19.6. The SMILES string of the molecule is COc1ccccc1CC(=O)NNC(=O)CCCOc1ccc(Cl)cc1Cl. The number of rotatable bonds is 8. The summed E-state index contributed by atoms with van der Waals surface area (Å²) in [5.41, 5.74) is 5.50. The molecule has 144 valence electrons. The zero-order valence-corrected chi connectivity index (χ0v) is 16.3. The summed E-state index contributed by atoms with van der Waals surface area (Å²) in [5, 5.41) is 0.936. The van der Waals surface area contributed by atoms with E-state index >= 15 is 0 Å². The lowest BCUT2D eigenvalue weighted by Gasteiger charge is -2.10. The van der Waals surface area contributed by atoms with Gasteiger partial charge in [0.15, 0.2) is 0 Å². The van der Waals surface area contributed by atoms with Crippen LogP contribution in [0.5, 0.6) is 11.5 Å². The van der Waals surface area contributed by atoms with Gasteiger partial charge in [-0.25, -0.2) is 0 Å². The second kappa shape index (κ2) is 10.6. The van der Waals surface area contributed by atoms with Gasteiger partial charge in [0.05, 0.1) is 25.2 Å². The number of para-hydroxylation sites is 1. The van der Waals surface area contributed by atoms with Gasteiger partial charge in [-0.2, -0.15) is 0 Å². The number of nitrogens with one attached hydrogen (secondary N) is 2. The third-order valence-corrected chi connectivity index (χ3v) is 4.12. The second-order valence-corrected chi connectivity index (χ2v) is 6.46. The molecule has 0 spiro atoms. The highest BCUT2D eigenvalue weighted by Crippen LogP contribution is 2.27. The number of hydrazine groups is 1. The summed E-state index contributed by atoms with van der Waals surface area (Å²) in [6.07, 6.45) is 0.760. The van der Waals surface area contributed by atoms with Gasteiger partial charge in [-0.3, -0.25) is 20.4 Å². The quantitative estimate of drug-likeness (QED) is 0.515. The molecule has 2 rings (SSSR count). The standard InChI is InChI=1S/C19H20Cl2N2O4/c1-26-16-6-3-2-5-13(16)11-19(25)23-22-18(24)7-4-10-27-17-9-8-14(20)12-15(17)21/h2-3,5-6,8-9,12H,4,7,10-11H2,1H3,(H,22,24)(H,23,25). The van der Waals surface area contributed by atoms with Crippen LogP contribution < -0.4 is 20.3 Å². The molecule has 0 aliphatic rings. The number of halogens is 2. The molecule has 0 heterocycles. The summed E-state index contributed by atoms with van der Waals surface area (Å²) in [6.45, 7) is 0.309. The molecule has 0 saturated heterocycles. The molecule has 0 radical (unpaired) electrons. The smallest absolute Gasteiger partial charge is 0.242 e. The molecule has 27 heavy (non-hydrogen) atoms. The number of methoxy groups -OCH3 is 1. The molecule has 0 aromatic heterocycles. The van der Waals surface area contributed by atoms with E-state index in [1.54, 1.807) is 30.3 Å². The van der Waals surface area contributed by atoms with Crippen LogP contribution >= 0.6 is 23.2 Å². The average Bonchev–Trinajstić information content (AvgIpc) is 2.65. The molecule has 0 aliphatic heterocycles. The molecule has 0 saturated carbocycles. The number of benzene rings is 2. The largest absolute Gasteiger partial charge is 0.496 e. The van der Waals surface area contributed by atoms with Crippen LogP contribution in [0.1, 0.15) is 18.4 Å². The third-order valence-electron chi connectivity index (χ3n) is 3.58. The lowest BCUT2D eigenvalue weighted by Crippen LogP contribution is -2.42. The van der Waals surface area contributed by atoms with Gasteiger partial charge in [-0.15, -0.1) is 0 Å². The Hall–Kier alpha value is -2.44. The molecule has 0 bridgehead atoms. The Labute approximate surface area is 167 Å². The molecule has 2 amide bonds. The average molecular weight is 411 g/mol. The maximum Gasteiger partial charge on any atom is 0.242 e.